The average molecular weight is 203 g/mol. The van der Waals surface area contributed by atoms with Crippen LogP contribution in [0.5, 0.6) is 0 Å². The van der Waals surface area contributed by atoms with Gasteiger partial charge in [-0.1, -0.05) is 31.9 Å². The second-order valence-electron chi connectivity index (χ2n) is 3.33. The summed E-state index contributed by atoms with van der Waals surface area (Å²) in [6, 6.07) is 0. The minimum Gasteiger partial charge on any atom is -0.385 e. The van der Waals surface area contributed by atoms with Crippen LogP contribution in [0.4, 0.5) is 0 Å². The zero-order chi connectivity index (χ0) is 10.0. The molecule has 0 saturated heterocycles. The van der Waals surface area contributed by atoms with Crippen LogP contribution in [0, 0.1) is 5.92 Å². The van der Waals surface area contributed by atoms with Gasteiger partial charge in [-0.2, -0.15) is 0 Å². The highest BCUT2D eigenvalue weighted by atomic mass is 35.5. The highest BCUT2D eigenvalue weighted by Gasteiger charge is 2.19. The van der Waals surface area contributed by atoms with E-state index in [2.05, 4.69) is 4.98 Å². The van der Waals surface area contributed by atoms with Crippen LogP contribution in [-0.2, 0) is 7.05 Å². The maximum atomic E-state index is 9.84. The summed E-state index contributed by atoms with van der Waals surface area (Å²) in [4.78, 5) is 4.07. The monoisotopic (exact) mass is 202 g/mol. The Bertz CT molecular complexity index is 285. The number of rotatable bonds is 3. The molecule has 0 saturated carbocycles. The van der Waals surface area contributed by atoms with Gasteiger partial charge in [0.2, 0.25) is 0 Å². The fourth-order valence-electron chi connectivity index (χ4n) is 1.15. The van der Waals surface area contributed by atoms with Crippen molar-refractivity contribution in [1.29, 1.82) is 0 Å². The highest BCUT2D eigenvalue weighted by molar-refractivity contribution is 6.29. The Labute approximate surface area is 83.4 Å². The van der Waals surface area contributed by atoms with E-state index < -0.39 is 6.10 Å². The minimum absolute atomic E-state index is 0.206. The first-order chi connectivity index (χ1) is 6.07. The van der Waals surface area contributed by atoms with Gasteiger partial charge in [-0.05, 0) is 5.92 Å². The molecule has 1 aromatic heterocycles. The first kappa shape index (κ1) is 10.5. The van der Waals surface area contributed by atoms with Crippen molar-refractivity contribution < 1.29 is 5.11 Å². The lowest BCUT2D eigenvalue weighted by Gasteiger charge is -2.16. The molecule has 1 rings (SSSR count). The molecule has 0 aliphatic rings. The lowest BCUT2D eigenvalue weighted by molar-refractivity contribution is 0.104. The summed E-state index contributed by atoms with van der Waals surface area (Å²) in [5.74, 6) is 0.844. The van der Waals surface area contributed by atoms with Crippen molar-refractivity contribution in [3.05, 3.63) is 17.2 Å². The standard InChI is InChI=1S/C9H15ClN2O/c1-4-6(2)8(13)9-11-5-7(10)12(9)3/h5-6,8,13H,4H2,1-3H3. The normalized spacial score (nSPS) is 15.8. The van der Waals surface area contributed by atoms with Crippen molar-refractivity contribution in [3.8, 4) is 0 Å². The van der Waals surface area contributed by atoms with Crippen LogP contribution in [-0.4, -0.2) is 14.7 Å². The second kappa shape index (κ2) is 4.11. The third-order valence-corrected chi connectivity index (χ3v) is 2.77. The Hall–Kier alpha value is -0.540. The Morgan fingerprint density at radius 3 is 2.69 bits per heavy atom. The van der Waals surface area contributed by atoms with Gasteiger partial charge in [0.05, 0.1) is 6.20 Å². The van der Waals surface area contributed by atoms with E-state index >= 15 is 0 Å². The van der Waals surface area contributed by atoms with Crippen LogP contribution in [0.3, 0.4) is 0 Å². The number of nitrogens with zero attached hydrogens (tertiary/aromatic N) is 2. The molecular formula is C9H15ClN2O. The molecule has 2 atom stereocenters. The number of aromatic nitrogens is 2. The van der Waals surface area contributed by atoms with Gasteiger partial charge in [0.25, 0.3) is 0 Å². The molecule has 0 aliphatic heterocycles. The summed E-state index contributed by atoms with van der Waals surface area (Å²) in [6.45, 7) is 4.03. The van der Waals surface area contributed by atoms with E-state index in [9.17, 15) is 5.11 Å². The summed E-state index contributed by atoms with van der Waals surface area (Å²) in [6.07, 6.45) is 1.95. The molecular weight excluding hydrogens is 188 g/mol. The Morgan fingerprint density at radius 2 is 2.31 bits per heavy atom. The highest BCUT2D eigenvalue weighted by Crippen LogP contribution is 2.24. The van der Waals surface area contributed by atoms with Crippen molar-refractivity contribution in [2.24, 2.45) is 13.0 Å². The largest absolute Gasteiger partial charge is 0.385 e. The Kier molecular flexibility index (Phi) is 3.33. The Balaban J connectivity index is 2.88. The van der Waals surface area contributed by atoms with Gasteiger partial charge in [0.15, 0.2) is 0 Å². The molecule has 13 heavy (non-hydrogen) atoms. The van der Waals surface area contributed by atoms with E-state index in [4.69, 9.17) is 11.6 Å². The molecule has 0 spiro atoms. The topological polar surface area (TPSA) is 38.1 Å². The lowest BCUT2D eigenvalue weighted by Crippen LogP contribution is -2.13. The Morgan fingerprint density at radius 1 is 1.69 bits per heavy atom. The van der Waals surface area contributed by atoms with E-state index in [1.54, 1.807) is 17.8 Å². The number of hydrogen-bond acceptors (Lipinski definition) is 2. The summed E-state index contributed by atoms with van der Waals surface area (Å²) in [5.41, 5.74) is 0. The van der Waals surface area contributed by atoms with E-state index in [0.29, 0.717) is 11.0 Å². The molecule has 2 unspecified atom stereocenters. The minimum atomic E-state index is -0.525. The zero-order valence-corrected chi connectivity index (χ0v) is 8.91. The molecule has 0 radical (unpaired) electrons. The van der Waals surface area contributed by atoms with Crippen LogP contribution >= 0.6 is 11.6 Å². The van der Waals surface area contributed by atoms with Gasteiger partial charge in [-0.15, -0.1) is 0 Å². The van der Waals surface area contributed by atoms with Crippen molar-refractivity contribution >= 4 is 11.6 Å². The number of imidazole rings is 1. The van der Waals surface area contributed by atoms with Gasteiger partial charge >= 0.3 is 0 Å². The van der Waals surface area contributed by atoms with Gasteiger partial charge in [-0.3, -0.25) is 0 Å². The van der Waals surface area contributed by atoms with Crippen molar-refractivity contribution in [3.63, 3.8) is 0 Å². The molecule has 0 amide bonds. The van der Waals surface area contributed by atoms with Crippen molar-refractivity contribution in [2.75, 3.05) is 0 Å². The summed E-state index contributed by atoms with van der Waals surface area (Å²) < 4.78 is 1.71. The average Bonchev–Trinajstić information content (AvgIpc) is 2.45. The molecule has 1 N–H and O–H groups in total. The van der Waals surface area contributed by atoms with Crippen LogP contribution in [0.1, 0.15) is 32.2 Å². The molecule has 1 heterocycles. The van der Waals surface area contributed by atoms with Gasteiger partial charge < -0.3 is 9.67 Å². The molecule has 0 aliphatic carbocycles. The van der Waals surface area contributed by atoms with Crippen LogP contribution < -0.4 is 0 Å². The fraction of sp³-hybridized carbons (Fsp3) is 0.667. The maximum Gasteiger partial charge on any atom is 0.138 e. The molecule has 0 aromatic carbocycles. The number of hydrogen-bond donors (Lipinski definition) is 1. The number of aliphatic hydroxyl groups excluding tert-OH is 1. The number of halogens is 1. The van der Waals surface area contributed by atoms with Crippen molar-refractivity contribution in [2.45, 2.75) is 26.4 Å². The van der Waals surface area contributed by atoms with E-state index in [-0.39, 0.29) is 5.92 Å². The quantitative estimate of drug-likeness (QED) is 0.816. The van der Waals surface area contributed by atoms with E-state index in [1.165, 1.54) is 0 Å². The van der Waals surface area contributed by atoms with E-state index in [0.717, 1.165) is 6.42 Å². The first-order valence-electron chi connectivity index (χ1n) is 4.43. The lowest BCUT2D eigenvalue weighted by atomic mass is 10.0. The first-order valence-corrected chi connectivity index (χ1v) is 4.80. The number of aliphatic hydroxyl groups is 1. The predicted octanol–water partition coefficient (Wildman–Crippen LogP) is 2.15. The molecule has 0 fully saturated rings. The smallest absolute Gasteiger partial charge is 0.138 e. The van der Waals surface area contributed by atoms with Crippen LogP contribution in [0.2, 0.25) is 5.15 Å². The maximum absolute atomic E-state index is 9.84. The predicted molar refractivity (Wildman–Crippen MR) is 52.6 cm³/mol. The van der Waals surface area contributed by atoms with Gasteiger partial charge in [-0.25, -0.2) is 4.98 Å². The van der Waals surface area contributed by atoms with Crippen LogP contribution in [0.15, 0.2) is 6.20 Å². The molecule has 74 valence electrons. The SMILES string of the molecule is CCC(C)C(O)c1ncc(Cl)n1C. The van der Waals surface area contributed by atoms with E-state index in [1.807, 2.05) is 13.8 Å². The third-order valence-electron chi connectivity index (χ3n) is 2.41. The second-order valence-corrected chi connectivity index (χ2v) is 3.72. The summed E-state index contributed by atoms with van der Waals surface area (Å²) >= 11 is 5.81. The molecule has 3 nitrogen and oxygen atoms in total. The fourth-order valence-corrected chi connectivity index (χ4v) is 1.29. The zero-order valence-electron chi connectivity index (χ0n) is 8.16. The summed E-state index contributed by atoms with van der Waals surface area (Å²) in [5, 5.41) is 10.4. The molecule has 4 heteroatoms. The molecule has 1 aromatic rings. The van der Waals surface area contributed by atoms with Gasteiger partial charge in [0.1, 0.15) is 17.1 Å². The molecule has 0 bridgehead atoms. The van der Waals surface area contributed by atoms with Gasteiger partial charge in [0, 0.05) is 7.05 Å². The van der Waals surface area contributed by atoms with Crippen molar-refractivity contribution in [1.82, 2.24) is 9.55 Å². The third kappa shape index (κ3) is 2.03. The van der Waals surface area contributed by atoms with Crippen LogP contribution in [0.25, 0.3) is 0 Å². The summed E-state index contributed by atoms with van der Waals surface area (Å²) in [7, 11) is 1.80.